The molecule has 0 radical (unpaired) electrons. The van der Waals surface area contributed by atoms with Gasteiger partial charge in [-0.2, -0.15) is 0 Å². The number of hydrogen-bond acceptors (Lipinski definition) is 37. The van der Waals surface area contributed by atoms with Crippen LogP contribution in [-0.2, 0) is 71.1 Å². The van der Waals surface area contributed by atoms with E-state index in [9.17, 15) is 112 Å². The highest BCUT2D eigenvalue weighted by molar-refractivity contribution is 5.78. The second-order valence-electron chi connectivity index (χ2n) is 29.7. The molecule has 11 fully saturated rings. The number of ether oxygens (including phenoxy) is 14. The molecular weight excluding hydrogens is 1350 g/mol. The summed E-state index contributed by atoms with van der Waals surface area (Å²) in [6, 6.07) is 0. The molecule has 37 heteroatoms. The van der Waals surface area contributed by atoms with E-state index in [1.54, 1.807) is 6.92 Å². The van der Waals surface area contributed by atoms with E-state index in [-0.39, 0.29) is 25.2 Å². The van der Waals surface area contributed by atoms with Crippen molar-refractivity contribution in [3.05, 3.63) is 12.2 Å². The minimum absolute atomic E-state index is 0.186. The molecule has 7 saturated heterocycles. The second-order valence-corrected chi connectivity index (χ2v) is 29.7. The third-order valence-electron chi connectivity index (χ3n) is 24.3. The summed E-state index contributed by atoms with van der Waals surface area (Å²) in [6.45, 7) is 4.10. The number of hydrogen-bond donors (Lipinski definition) is 22. The standard InChI is InChI=1S/C63H102O37/c1-22-13-62-11-10-61(4)59(2,7-5-8-60(61,3)58(86)99-56-50(97-53-44(83)41(80)35(74)26(16-66)89-53)48(38(77)29(19-69)92-56)94-32-12-23(71)33(72)24(14-64)87-32)31(62)6-9-63(22,21-62)100-57-51(98-54-45(84)42(81)36(75)27(17-67)90-54)49(39(78)30(20-70)93-57)96-55-46(85)47(37(76)28(18-68)91-55)95-52-43(82)40(79)34(73)25(15-65)88-52/h23-57,64-85H,1,5-21H2,2-4H3/t23-,24-,25-,26-,27-,28-,29-,30-,31+,32+,33+,34-,35-,36-,37-,38-,39-,40+,41+,42+,43-,44-,45-,46-,47+,48+,49+,50-,51-,52+,53+,54+,55+,56+,57+,59+,60+,61+,62?,63+/m1/s1. The number of esters is 1. The van der Waals surface area contributed by atoms with Gasteiger partial charge in [-0.3, -0.25) is 4.79 Å². The summed E-state index contributed by atoms with van der Waals surface area (Å²) < 4.78 is 85.6. The van der Waals surface area contributed by atoms with Crippen LogP contribution in [0.1, 0.15) is 85.0 Å². The fraction of sp³-hybridized carbons (Fsp3) is 0.952. The fourth-order valence-electron chi connectivity index (χ4n) is 18.1. The van der Waals surface area contributed by atoms with Crippen LogP contribution in [0.15, 0.2) is 12.2 Å². The molecule has 0 aromatic heterocycles. The monoisotopic (exact) mass is 1450 g/mol. The van der Waals surface area contributed by atoms with E-state index in [1.807, 2.05) is 6.92 Å². The second kappa shape index (κ2) is 30.8. The Kier molecular flexibility index (Phi) is 24.3. The molecule has 11 rings (SSSR count). The third kappa shape index (κ3) is 13.7. The van der Waals surface area contributed by atoms with Crippen molar-refractivity contribution in [2.75, 3.05) is 46.2 Å². The zero-order chi connectivity index (χ0) is 72.8. The first-order valence-corrected chi connectivity index (χ1v) is 34.2. The van der Waals surface area contributed by atoms with Gasteiger partial charge in [-0.25, -0.2) is 0 Å². The van der Waals surface area contributed by atoms with Gasteiger partial charge in [-0.15, -0.1) is 0 Å². The third-order valence-corrected chi connectivity index (χ3v) is 24.3. The van der Waals surface area contributed by atoms with E-state index in [0.29, 0.717) is 44.1 Å². The molecule has 576 valence electrons. The van der Waals surface area contributed by atoms with Gasteiger partial charge in [0.15, 0.2) is 43.8 Å². The van der Waals surface area contributed by atoms with E-state index in [1.165, 1.54) is 0 Å². The number of aliphatic hydroxyl groups is 22. The lowest BCUT2D eigenvalue weighted by Crippen LogP contribution is -2.69. The highest BCUT2D eigenvalue weighted by Gasteiger charge is 2.74. The summed E-state index contributed by atoms with van der Waals surface area (Å²) in [7, 11) is 0. The maximum atomic E-state index is 15.7. The Morgan fingerprint density at radius 1 is 0.420 bits per heavy atom. The molecule has 1 spiro atoms. The molecule has 40 atom stereocenters. The van der Waals surface area contributed by atoms with Crippen LogP contribution < -0.4 is 0 Å². The first-order valence-electron chi connectivity index (χ1n) is 34.2. The molecule has 1 unspecified atom stereocenters. The van der Waals surface area contributed by atoms with Crippen molar-refractivity contribution in [1.82, 2.24) is 0 Å². The largest absolute Gasteiger partial charge is 0.432 e. The minimum atomic E-state index is -2.20. The van der Waals surface area contributed by atoms with E-state index in [0.717, 1.165) is 0 Å². The highest BCUT2D eigenvalue weighted by Crippen LogP contribution is 2.78. The molecular formula is C63H102O37. The number of carbonyl (C=O) groups excluding carboxylic acids is 1. The quantitative estimate of drug-likeness (QED) is 0.0288. The molecule has 0 aromatic rings. The predicted octanol–water partition coefficient (Wildman–Crippen LogP) is -10.2. The number of aliphatic hydroxyl groups excluding tert-OH is 22. The smallest absolute Gasteiger partial charge is 0.314 e. The number of fused-ring (bicyclic) bond motifs is 3. The molecule has 22 N–H and O–H groups in total. The van der Waals surface area contributed by atoms with Crippen LogP contribution in [0.25, 0.3) is 0 Å². The van der Waals surface area contributed by atoms with Crippen molar-refractivity contribution in [3.8, 4) is 0 Å². The lowest BCUT2D eigenvalue weighted by Gasteiger charge is -2.69. The Labute approximate surface area is 573 Å². The zero-order valence-electron chi connectivity index (χ0n) is 55.4. The first-order chi connectivity index (χ1) is 47.3. The van der Waals surface area contributed by atoms with E-state index >= 15 is 4.79 Å². The van der Waals surface area contributed by atoms with Crippen LogP contribution in [0.5, 0.6) is 0 Å². The van der Waals surface area contributed by atoms with Crippen LogP contribution in [-0.4, -0.2) is 379 Å². The molecule has 0 amide bonds. The van der Waals surface area contributed by atoms with E-state index in [4.69, 9.17) is 66.3 Å². The minimum Gasteiger partial charge on any atom is -0.432 e. The van der Waals surface area contributed by atoms with Crippen molar-refractivity contribution in [2.45, 2.75) is 299 Å². The Morgan fingerprint density at radius 3 is 1.31 bits per heavy atom. The Bertz CT molecular complexity index is 2740. The predicted molar refractivity (Wildman–Crippen MR) is 320 cm³/mol. The Balaban J connectivity index is 0.873. The van der Waals surface area contributed by atoms with Gasteiger partial charge >= 0.3 is 5.97 Å². The van der Waals surface area contributed by atoms with Gasteiger partial charge in [-0.1, -0.05) is 26.8 Å². The van der Waals surface area contributed by atoms with Gasteiger partial charge < -0.3 is 179 Å². The molecule has 100 heavy (non-hydrogen) atoms. The van der Waals surface area contributed by atoms with Crippen LogP contribution in [0, 0.1) is 27.6 Å². The summed E-state index contributed by atoms with van der Waals surface area (Å²) in [6.07, 6.45) is -59.9. The van der Waals surface area contributed by atoms with Crippen LogP contribution in [0.2, 0.25) is 0 Å². The van der Waals surface area contributed by atoms with Gasteiger partial charge in [0.25, 0.3) is 0 Å². The lowest BCUT2D eigenvalue weighted by atomic mass is 9.35. The van der Waals surface area contributed by atoms with Crippen molar-refractivity contribution < 1.29 is 183 Å². The molecule has 7 aliphatic heterocycles. The summed E-state index contributed by atoms with van der Waals surface area (Å²) in [4.78, 5) is 15.7. The molecule has 37 nitrogen and oxygen atoms in total. The molecule has 4 saturated carbocycles. The lowest BCUT2D eigenvalue weighted by molar-refractivity contribution is -0.405. The van der Waals surface area contributed by atoms with Gasteiger partial charge in [-0.05, 0) is 86.0 Å². The van der Waals surface area contributed by atoms with Crippen molar-refractivity contribution in [3.63, 3.8) is 0 Å². The van der Waals surface area contributed by atoms with Crippen molar-refractivity contribution in [2.24, 2.45) is 27.6 Å². The maximum absolute atomic E-state index is 15.7. The van der Waals surface area contributed by atoms with Crippen LogP contribution in [0.4, 0.5) is 0 Å². The topological polar surface area (TPSA) is 591 Å². The number of carbonyl (C=O) groups is 1. The molecule has 4 aliphatic carbocycles. The van der Waals surface area contributed by atoms with Gasteiger partial charge in [0, 0.05) is 6.42 Å². The van der Waals surface area contributed by atoms with Gasteiger partial charge in [0.05, 0.1) is 63.4 Å². The first kappa shape index (κ1) is 78.9. The molecule has 11 aliphatic rings. The molecule has 0 aromatic carbocycles. The fourth-order valence-corrected chi connectivity index (χ4v) is 18.1. The summed E-state index contributed by atoms with van der Waals surface area (Å²) in [5.74, 6) is -1.06. The normalized spacial score (nSPS) is 54.5. The summed E-state index contributed by atoms with van der Waals surface area (Å²) in [5, 5.41) is 239. The van der Waals surface area contributed by atoms with E-state index in [2.05, 4.69) is 13.5 Å². The average molecular weight is 1450 g/mol. The van der Waals surface area contributed by atoms with Crippen molar-refractivity contribution >= 4 is 5.97 Å². The molecule has 2 bridgehead atoms. The van der Waals surface area contributed by atoms with Crippen LogP contribution >= 0.6 is 0 Å². The van der Waals surface area contributed by atoms with E-state index < -0.39 is 295 Å². The Hall–Kier alpha value is -2.19. The summed E-state index contributed by atoms with van der Waals surface area (Å²) in [5.41, 5.74) is -4.53. The van der Waals surface area contributed by atoms with Gasteiger partial charge in [0.1, 0.15) is 153 Å². The summed E-state index contributed by atoms with van der Waals surface area (Å²) >= 11 is 0. The zero-order valence-corrected chi connectivity index (χ0v) is 55.4. The molecule has 7 heterocycles. The number of rotatable bonds is 21. The SMILES string of the molecule is C=C1CC23CC[C@]4(C)[C@](C)(C(=O)O[C@@H]5O[C@H](CO)[C@@H](O)[C@H](O[C@H]6C[C@@H](O)[C@H](O)[C@@H](CO)O6)[C@H]5O[C@@H]5O[C@H](CO)[C@@H](O)[C@H](O)[C@H]5O)CCC[C@@]4(C)[C@@H]2CC[C@]1(O[C@@H]1O[C@H](CO)[C@@H](O)[C@H](O[C@@H]2O[C@H](CO)[C@@H](O)[C@H](O[C@@H]4O[C@H](CO)[C@@H](O)[C@H](O)[C@H]4O)[C@H]2O)[C@H]1O[C@@H]1O[C@H](CO)[C@@H](O)[C@H](O)[C@H]1O)C3. The highest BCUT2D eigenvalue weighted by atomic mass is 16.8. The Morgan fingerprint density at radius 2 is 0.820 bits per heavy atom. The van der Waals surface area contributed by atoms with Gasteiger partial charge in [0.2, 0.25) is 6.29 Å². The van der Waals surface area contributed by atoms with Crippen LogP contribution in [0.3, 0.4) is 0 Å². The maximum Gasteiger partial charge on any atom is 0.314 e. The average Bonchev–Trinajstić information content (AvgIpc) is 1.32. The van der Waals surface area contributed by atoms with Crippen molar-refractivity contribution in [1.29, 1.82) is 0 Å².